The van der Waals surface area contributed by atoms with Crippen molar-refractivity contribution in [1.82, 2.24) is 0 Å². The molecule has 13 heteroatoms. The molecule has 8 nitrogen and oxygen atoms in total. The van der Waals surface area contributed by atoms with Crippen molar-refractivity contribution >= 4 is 0 Å². The van der Waals surface area contributed by atoms with E-state index in [1.54, 1.807) is 0 Å². The van der Waals surface area contributed by atoms with Crippen LogP contribution in [0, 0.1) is 0 Å². The van der Waals surface area contributed by atoms with Crippen molar-refractivity contribution in [3.05, 3.63) is 0 Å². The molecule has 0 aromatic rings. The molecule has 0 aromatic carbocycles. The Morgan fingerprint density at radius 1 is 0.385 bits per heavy atom. The second-order valence-corrected chi connectivity index (χ2v) is 0. The Balaban J connectivity index is 0. The summed E-state index contributed by atoms with van der Waals surface area (Å²) in [6, 6.07) is 0. The van der Waals surface area contributed by atoms with Crippen LogP contribution in [0.5, 0.6) is 0 Å². The Morgan fingerprint density at radius 2 is 0.385 bits per heavy atom. The van der Waals surface area contributed by atoms with Gasteiger partial charge in [0, 0.05) is 51.2 Å². The minimum absolute atomic E-state index is 0. The van der Waals surface area contributed by atoms with Crippen LogP contribution < -0.4 is 0 Å². The van der Waals surface area contributed by atoms with E-state index >= 15 is 0 Å². The number of hydrogen-bond acceptors (Lipinski definition) is 0. The maximum atomic E-state index is 0. The standard InChI is InChI=1S/3Cu.2Mn.8O/q;+1;+2;;;8*-2. The Morgan fingerprint density at radius 3 is 0.385 bits per heavy atom. The predicted molar refractivity (Wildman–Crippen MR) is 5.49 cm³/mol. The smallest absolute Gasteiger partial charge is 2.00 e. The van der Waals surface area contributed by atoms with Crippen molar-refractivity contribution in [2.45, 2.75) is 0 Å². The van der Waals surface area contributed by atoms with Crippen LogP contribution >= 0.6 is 0 Å². The number of hydrogen-bond donors (Lipinski definition) is 0. The molecular weight excluding hydrogens is 429 g/mol. The van der Waals surface area contributed by atoms with E-state index in [2.05, 4.69) is 0 Å². The summed E-state index contributed by atoms with van der Waals surface area (Å²) in [6.07, 6.45) is 0. The first-order valence-electron chi connectivity index (χ1n) is 0. The molecule has 0 unspecified atom stereocenters. The Labute approximate surface area is 128 Å². The molecule has 0 aliphatic rings. The summed E-state index contributed by atoms with van der Waals surface area (Å²) in [5.41, 5.74) is 0. The predicted octanol–water partition coefficient (Wildman–Crippen LogP) is -0.963. The first-order valence-corrected chi connectivity index (χ1v) is 0. The fourth-order valence-corrected chi connectivity index (χ4v) is 0. The molecule has 0 N–H and O–H groups in total. The molecule has 0 amide bonds. The molecular formula is Cu3Mn2O8-13. The second-order valence-electron chi connectivity index (χ2n) is 0. The third-order valence-corrected chi connectivity index (χ3v) is 0. The zero-order valence-corrected chi connectivity index (χ0v) is 10.1. The van der Waals surface area contributed by atoms with Gasteiger partial charge in [0.2, 0.25) is 0 Å². The maximum absolute atomic E-state index is 0. The van der Waals surface area contributed by atoms with Crippen molar-refractivity contribution in [2.75, 3.05) is 0 Å². The third-order valence-electron chi connectivity index (χ3n) is 0. The van der Waals surface area contributed by atoms with E-state index in [4.69, 9.17) is 0 Å². The minimum atomic E-state index is 0. The summed E-state index contributed by atoms with van der Waals surface area (Å²) in [7, 11) is 0. The summed E-state index contributed by atoms with van der Waals surface area (Å²) in [4.78, 5) is 0. The SMILES string of the molecule is [Cu+2].[Cu+].[Cu].[Mn].[Mn].[O-2].[O-2].[O-2].[O-2].[O-2].[O-2].[O-2].[O-2]. The van der Waals surface area contributed by atoms with Gasteiger partial charge in [0.05, 0.1) is 0 Å². The second kappa shape index (κ2) is 485. The molecule has 13 heavy (non-hydrogen) atoms. The van der Waals surface area contributed by atoms with Crippen LogP contribution in [0.3, 0.4) is 0 Å². The van der Waals surface area contributed by atoms with Crippen LogP contribution in [0.4, 0.5) is 0 Å². The van der Waals surface area contributed by atoms with Crippen LogP contribution in [0.25, 0.3) is 0 Å². The van der Waals surface area contributed by atoms with Gasteiger partial charge >= 0.3 is 34.1 Å². The van der Waals surface area contributed by atoms with Crippen molar-refractivity contribution in [2.24, 2.45) is 0 Å². The summed E-state index contributed by atoms with van der Waals surface area (Å²) in [5, 5.41) is 0. The maximum Gasteiger partial charge on any atom is 2.00 e. The number of rotatable bonds is 0. The van der Waals surface area contributed by atoms with Crippen LogP contribution in [-0.4, -0.2) is 0 Å². The first-order chi connectivity index (χ1) is 0. The quantitative estimate of drug-likeness (QED) is 0.424. The van der Waals surface area contributed by atoms with Gasteiger partial charge in [-0.15, -0.1) is 0 Å². The Kier molecular flexibility index (Phi) is 22400. The van der Waals surface area contributed by atoms with E-state index in [0.29, 0.717) is 0 Å². The molecule has 0 aromatic heterocycles. The topological polar surface area (TPSA) is 228 Å². The van der Waals surface area contributed by atoms with Crippen molar-refractivity contribution < 1.29 is 129 Å². The van der Waals surface area contributed by atoms with Gasteiger partial charge in [0.25, 0.3) is 0 Å². The zero-order valence-electron chi connectivity index (χ0n) is 4.93. The van der Waals surface area contributed by atoms with Crippen molar-refractivity contribution in [3.63, 3.8) is 0 Å². The molecule has 0 atom stereocenters. The fraction of sp³-hybridized carbons (Fsp3) is 0. The van der Waals surface area contributed by atoms with E-state index in [0.717, 1.165) is 0 Å². The molecule has 0 heterocycles. The monoisotopic (exact) mass is 427 g/mol. The molecule has 108 valence electrons. The normalized spacial score (nSPS) is 0. The van der Waals surface area contributed by atoms with E-state index in [9.17, 15) is 0 Å². The van der Waals surface area contributed by atoms with Crippen LogP contribution in [0.1, 0.15) is 0 Å². The minimum Gasteiger partial charge on any atom is -2.00 e. The van der Waals surface area contributed by atoms with Gasteiger partial charge in [0.1, 0.15) is 0 Å². The zero-order chi connectivity index (χ0) is 0. The molecule has 0 rings (SSSR count). The third kappa shape index (κ3) is 415. The molecule has 0 saturated carbocycles. The summed E-state index contributed by atoms with van der Waals surface area (Å²) in [5.74, 6) is 0. The fourth-order valence-electron chi connectivity index (χ4n) is 0. The van der Waals surface area contributed by atoms with Crippen LogP contribution in [-0.2, 0) is 129 Å². The van der Waals surface area contributed by atoms with E-state index < -0.39 is 0 Å². The van der Waals surface area contributed by atoms with Crippen molar-refractivity contribution in [1.29, 1.82) is 0 Å². The molecule has 0 aliphatic heterocycles. The van der Waals surface area contributed by atoms with Gasteiger partial charge in [-0.1, -0.05) is 0 Å². The van der Waals surface area contributed by atoms with Gasteiger partial charge in [-0.2, -0.15) is 0 Å². The van der Waals surface area contributed by atoms with Gasteiger partial charge in [0.15, 0.2) is 0 Å². The molecule has 0 fully saturated rings. The van der Waals surface area contributed by atoms with E-state index in [-0.39, 0.29) is 129 Å². The van der Waals surface area contributed by atoms with Crippen molar-refractivity contribution in [3.8, 4) is 0 Å². The average Bonchev–Trinajstić information content (AvgIpc) is 0. The van der Waals surface area contributed by atoms with Gasteiger partial charge in [-0.05, 0) is 0 Å². The van der Waals surface area contributed by atoms with Gasteiger partial charge in [-0.25, -0.2) is 0 Å². The molecule has 0 bridgehead atoms. The summed E-state index contributed by atoms with van der Waals surface area (Å²) < 4.78 is 0. The average molecular weight is 429 g/mol. The molecule has 0 spiro atoms. The van der Waals surface area contributed by atoms with E-state index in [1.807, 2.05) is 0 Å². The Bertz CT molecular complexity index is 17.4. The van der Waals surface area contributed by atoms with E-state index in [1.165, 1.54) is 0 Å². The summed E-state index contributed by atoms with van der Waals surface area (Å²) >= 11 is 0. The van der Waals surface area contributed by atoms with Crippen LogP contribution in [0.15, 0.2) is 0 Å². The van der Waals surface area contributed by atoms with Gasteiger partial charge in [-0.3, -0.25) is 0 Å². The van der Waals surface area contributed by atoms with Crippen LogP contribution in [0.2, 0.25) is 0 Å². The molecule has 0 saturated heterocycles. The first kappa shape index (κ1) is 600. The molecule has 4 radical (unpaired) electrons. The molecule has 0 aliphatic carbocycles. The Hall–Kier alpha value is 2.28. The summed E-state index contributed by atoms with van der Waals surface area (Å²) in [6.45, 7) is 0. The largest absolute Gasteiger partial charge is 2.00 e. The van der Waals surface area contributed by atoms with Gasteiger partial charge < -0.3 is 43.8 Å².